The number of pyridine rings is 1. The molecule has 1 rings (SSSR count). The largest absolute Gasteiger partial charge is 0.388 e. The van der Waals surface area contributed by atoms with Crippen molar-refractivity contribution in [3.05, 3.63) is 29.6 Å². The topological polar surface area (TPSA) is 42.4 Å². The quantitative estimate of drug-likeness (QED) is 0.808. The molecule has 0 saturated heterocycles. The normalized spacial score (nSPS) is 14.9. The molecule has 2 atom stereocenters. The molecule has 0 aliphatic carbocycles. The van der Waals surface area contributed by atoms with Gasteiger partial charge in [-0.15, -0.1) is 0 Å². The van der Waals surface area contributed by atoms with E-state index in [4.69, 9.17) is 4.74 Å². The Bertz CT molecular complexity index is 284. The highest BCUT2D eigenvalue weighted by atomic mass is 16.5. The van der Waals surface area contributed by atoms with Crippen molar-refractivity contribution >= 4 is 0 Å². The molecule has 0 saturated carbocycles. The van der Waals surface area contributed by atoms with Gasteiger partial charge in [-0.2, -0.15) is 0 Å². The number of nitrogens with zero attached hydrogens (tertiary/aromatic N) is 1. The van der Waals surface area contributed by atoms with Gasteiger partial charge in [-0.3, -0.25) is 4.98 Å². The van der Waals surface area contributed by atoms with E-state index in [1.54, 1.807) is 13.3 Å². The van der Waals surface area contributed by atoms with Crippen LogP contribution in [0.15, 0.2) is 18.3 Å². The number of hydrogen-bond acceptors (Lipinski definition) is 3. The number of aliphatic hydroxyl groups excluding tert-OH is 1. The summed E-state index contributed by atoms with van der Waals surface area (Å²) in [4.78, 5) is 4.16. The van der Waals surface area contributed by atoms with Crippen LogP contribution in [0, 0.1) is 6.92 Å². The van der Waals surface area contributed by atoms with Crippen LogP contribution in [0.25, 0.3) is 0 Å². The van der Waals surface area contributed by atoms with Crippen molar-refractivity contribution in [2.45, 2.75) is 38.9 Å². The summed E-state index contributed by atoms with van der Waals surface area (Å²) in [6, 6.07) is 3.84. The van der Waals surface area contributed by atoms with E-state index in [2.05, 4.69) is 4.98 Å². The molecule has 0 aliphatic heterocycles. The number of ether oxygens (including phenoxy) is 1. The second kappa shape index (κ2) is 5.83. The molecule has 0 aromatic carbocycles. The Morgan fingerprint density at radius 2 is 2.13 bits per heavy atom. The first-order valence-electron chi connectivity index (χ1n) is 5.27. The fraction of sp³-hybridized carbons (Fsp3) is 0.583. The highest BCUT2D eigenvalue weighted by Crippen LogP contribution is 2.18. The third kappa shape index (κ3) is 3.98. The minimum Gasteiger partial charge on any atom is -0.388 e. The van der Waals surface area contributed by atoms with Gasteiger partial charge in [0.25, 0.3) is 0 Å². The van der Waals surface area contributed by atoms with Gasteiger partial charge < -0.3 is 9.84 Å². The SMILES string of the molecule is COC(C)CCC(O)c1ccc(C)nc1. The molecule has 1 N–H and O–H groups in total. The summed E-state index contributed by atoms with van der Waals surface area (Å²) in [5.41, 5.74) is 1.85. The minimum atomic E-state index is -0.435. The molecule has 0 amide bonds. The van der Waals surface area contributed by atoms with E-state index in [9.17, 15) is 5.11 Å². The summed E-state index contributed by atoms with van der Waals surface area (Å²) >= 11 is 0. The lowest BCUT2D eigenvalue weighted by atomic mass is 10.0. The number of aryl methyl sites for hydroxylation is 1. The third-order valence-corrected chi connectivity index (χ3v) is 2.57. The number of aliphatic hydroxyl groups is 1. The number of rotatable bonds is 5. The molecule has 0 aliphatic rings. The van der Waals surface area contributed by atoms with Gasteiger partial charge in [0, 0.05) is 19.0 Å². The zero-order valence-corrected chi connectivity index (χ0v) is 9.60. The second-order valence-electron chi connectivity index (χ2n) is 3.87. The smallest absolute Gasteiger partial charge is 0.0805 e. The highest BCUT2D eigenvalue weighted by Gasteiger charge is 2.09. The maximum Gasteiger partial charge on any atom is 0.0805 e. The Kier molecular flexibility index (Phi) is 4.72. The maximum atomic E-state index is 9.86. The summed E-state index contributed by atoms with van der Waals surface area (Å²) in [5, 5.41) is 9.86. The van der Waals surface area contributed by atoms with E-state index in [1.807, 2.05) is 26.0 Å². The molecule has 2 unspecified atom stereocenters. The number of methoxy groups -OCH3 is 1. The Balaban J connectivity index is 2.46. The molecular formula is C12H19NO2. The van der Waals surface area contributed by atoms with Crippen LogP contribution in [0.3, 0.4) is 0 Å². The van der Waals surface area contributed by atoms with Crippen LogP contribution in [-0.2, 0) is 4.74 Å². The molecule has 0 spiro atoms. The second-order valence-corrected chi connectivity index (χ2v) is 3.87. The lowest BCUT2D eigenvalue weighted by molar-refractivity contribution is 0.0850. The summed E-state index contributed by atoms with van der Waals surface area (Å²) < 4.78 is 5.13. The van der Waals surface area contributed by atoms with Gasteiger partial charge in [0.2, 0.25) is 0 Å². The fourth-order valence-corrected chi connectivity index (χ4v) is 1.35. The van der Waals surface area contributed by atoms with Crippen LogP contribution >= 0.6 is 0 Å². The van der Waals surface area contributed by atoms with Crippen molar-refractivity contribution in [1.29, 1.82) is 0 Å². The molecule has 1 aromatic heterocycles. The van der Waals surface area contributed by atoms with Crippen LogP contribution in [0.2, 0.25) is 0 Å². The predicted octanol–water partition coefficient (Wildman–Crippen LogP) is 2.24. The van der Waals surface area contributed by atoms with Crippen molar-refractivity contribution in [3.63, 3.8) is 0 Å². The molecule has 0 radical (unpaired) electrons. The zero-order chi connectivity index (χ0) is 11.3. The third-order valence-electron chi connectivity index (χ3n) is 2.57. The van der Waals surface area contributed by atoms with Crippen LogP contribution in [0.4, 0.5) is 0 Å². The number of aromatic nitrogens is 1. The van der Waals surface area contributed by atoms with E-state index in [1.165, 1.54) is 0 Å². The summed E-state index contributed by atoms with van der Waals surface area (Å²) in [6.45, 7) is 3.93. The fourth-order valence-electron chi connectivity index (χ4n) is 1.35. The Labute approximate surface area is 91.1 Å². The monoisotopic (exact) mass is 209 g/mol. The molecular weight excluding hydrogens is 190 g/mol. The zero-order valence-electron chi connectivity index (χ0n) is 9.60. The molecule has 84 valence electrons. The first-order valence-corrected chi connectivity index (χ1v) is 5.27. The van der Waals surface area contributed by atoms with Crippen LogP contribution in [-0.4, -0.2) is 23.3 Å². The Morgan fingerprint density at radius 3 is 2.67 bits per heavy atom. The average Bonchev–Trinajstić information content (AvgIpc) is 2.26. The van der Waals surface area contributed by atoms with E-state index >= 15 is 0 Å². The van der Waals surface area contributed by atoms with E-state index in [0.717, 1.165) is 17.7 Å². The van der Waals surface area contributed by atoms with E-state index < -0.39 is 6.10 Å². The van der Waals surface area contributed by atoms with E-state index in [0.29, 0.717) is 6.42 Å². The Hall–Kier alpha value is -0.930. The van der Waals surface area contributed by atoms with Crippen molar-refractivity contribution in [1.82, 2.24) is 4.98 Å². The average molecular weight is 209 g/mol. The molecule has 0 fully saturated rings. The molecule has 1 aromatic rings. The predicted molar refractivity (Wildman–Crippen MR) is 59.6 cm³/mol. The van der Waals surface area contributed by atoms with Gasteiger partial charge in [0.05, 0.1) is 12.2 Å². The van der Waals surface area contributed by atoms with Crippen molar-refractivity contribution in [2.75, 3.05) is 7.11 Å². The van der Waals surface area contributed by atoms with Gasteiger partial charge in [0.1, 0.15) is 0 Å². The maximum absolute atomic E-state index is 9.86. The summed E-state index contributed by atoms with van der Waals surface area (Å²) in [5.74, 6) is 0. The van der Waals surface area contributed by atoms with Crippen LogP contribution in [0.1, 0.15) is 37.1 Å². The van der Waals surface area contributed by atoms with Gasteiger partial charge in [-0.1, -0.05) is 6.07 Å². The lowest BCUT2D eigenvalue weighted by Gasteiger charge is -2.13. The molecule has 15 heavy (non-hydrogen) atoms. The Morgan fingerprint density at radius 1 is 1.40 bits per heavy atom. The first kappa shape index (κ1) is 12.1. The van der Waals surface area contributed by atoms with Crippen LogP contribution < -0.4 is 0 Å². The van der Waals surface area contributed by atoms with Gasteiger partial charge in [-0.25, -0.2) is 0 Å². The molecule has 0 bridgehead atoms. The molecule has 3 nitrogen and oxygen atoms in total. The van der Waals surface area contributed by atoms with Gasteiger partial charge >= 0.3 is 0 Å². The molecule has 3 heteroatoms. The number of hydrogen-bond donors (Lipinski definition) is 1. The van der Waals surface area contributed by atoms with Crippen LogP contribution in [0.5, 0.6) is 0 Å². The summed E-state index contributed by atoms with van der Waals surface area (Å²) in [6.07, 6.45) is 3.05. The standard InChI is InChI=1S/C12H19NO2/c1-9-4-6-11(8-13-9)12(14)7-5-10(2)15-3/h4,6,8,10,12,14H,5,7H2,1-3H3. The minimum absolute atomic E-state index is 0.193. The van der Waals surface area contributed by atoms with E-state index in [-0.39, 0.29) is 6.10 Å². The van der Waals surface area contributed by atoms with Gasteiger partial charge in [-0.05, 0) is 38.3 Å². The summed E-state index contributed by atoms with van der Waals surface area (Å²) in [7, 11) is 1.69. The molecule has 1 heterocycles. The van der Waals surface area contributed by atoms with Crippen molar-refractivity contribution < 1.29 is 9.84 Å². The lowest BCUT2D eigenvalue weighted by Crippen LogP contribution is -2.08. The van der Waals surface area contributed by atoms with Gasteiger partial charge in [0.15, 0.2) is 0 Å². The van der Waals surface area contributed by atoms with Crippen molar-refractivity contribution in [3.8, 4) is 0 Å². The first-order chi connectivity index (χ1) is 7.13. The van der Waals surface area contributed by atoms with Crippen molar-refractivity contribution in [2.24, 2.45) is 0 Å². The highest BCUT2D eigenvalue weighted by molar-refractivity contribution is 5.15.